The molecular formula is C29H47NO3. The van der Waals surface area contributed by atoms with Crippen molar-refractivity contribution in [3.05, 3.63) is 29.8 Å². The maximum absolute atomic E-state index is 12.2. The van der Waals surface area contributed by atoms with Crippen molar-refractivity contribution in [1.82, 2.24) is 0 Å². The summed E-state index contributed by atoms with van der Waals surface area (Å²) in [4.78, 5) is 12.2. The summed E-state index contributed by atoms with van der Waals surface area (Å²) in [6, 6.07) is 7.25. The second-order valence-corrected chi connectivity index (χ2v) is 9.41. The van der Waals surface area contributed by atoms with Gasteiger partial charge in [0, 0.05) is 0 Å². The Morgan fingerprint density at radius 1 is 0.788 bits per heavy atom. The van der Waals surface area contributed by atoms with E-state index < -0.39 is 0 Å². The molecule has 1 unspecified atom stereocenters. The Bertz CT molecular complexity index is 635. The molecule has 0 saturated heterocycles. The molecule has 1 atom stereocenters. The number of hydrogen-bond acceptors (Lipinski definition) is 4. The highest BCUT2D eigenvalue weighted by atomic mass is 16.5. The number of nitrogens with zero attached hydrogens (tertiary/aromatic N) is 1. The van der Waals surface area contributed by atoms with E-state index in [-0.39, 0.29) is 11.9 Å². The van der Waals surface area contributed by atoms with Crippen molar-refractivity contribution in [2.75, 3.05) is 6.61 Å². The molecule has 1 aromatic rings. The normalized spacial score (nSPS) is 11.7. The van der Waals surface area contributed by atoms with Gasteiger partial charge in [0.25, 0.3) is 6.26 Å². The van der Waals surface area contributed by atoms with Crippen LogP contribution >= 0.6 is 0 Å². The van der Waals surface area contributed by atoms with Gasteiger partial charge >= 0.3 is 5.97 Å². The van der Waals surface area contributed by atoms with Crippen LogP contribution in [0.2, 0.25) is 0 Å². The van der Waals surface area contributed by atoms with Gasteiger partial charge in [-0.2, -0.15) is 0 Å². The molecule has 4 heteroatoms. The zero-order chi connectivity index (χ0) is 24.0. The van der Waals surface area contributed by atoms with Gasteiger partial charge in [0.2, 0.25) is 0 Å². The Morgan fingerprint density at radius 2 is 1.24 bits per heavy atom. The van der Waals surface area contributed by atoms with Crippen molar-refractivity contribution in [3.8, 4) is 12.0 Å². The highest BCUT2D eigenvalue weighted by Gasteiger charge is 2.15. The lowest BCUT2D eigenvalue weighted by Gasteiger charge is -2.12. The topological polar surface area (TPSA) is 59.3 Å². The largest absolute Gasteiger partial charge is 0.465 e. The predicted molar refractivity (Wildman–Crippen MR) is 136 cm³/mol. The molecule has 0 aliphatic carbocycles. The van der Waals surface area contributed by atoms with Gasteiger partial charge in [-0.05, 0) is 30.5 Å². The Hall–Kier alpha value is -2.02. The standard InChI is InChI=1S/C29H47NO3/c1-3-4-5-6-7-8-9-10-11-12-13-14-15-16-17-18-23-32-29(31)26(2)24-27-19-21-28(22-20-27)33-25-30/h19-22,26H,3-18,23-24H2,1-2H3. The molecule has 1 aromatic carbocycles. The monoisotopic (exact) mass is 457 g/mol. The molecule has 0 saturated carbocycles. The number of carbonyl (C=O) groups excluding carboxylic acids is 1. The van der Waals surface area contributed by atoms with E-state index in [1.165, 1.54) is 89.9 Å². The van der Waals surface area contributed by atoms with Gasteiger partial charge < -0.3 is 9.47 Å². The zero-order valence-electron chi connectivity index (χ0n) is 21.3. The van der Waals surface area contributed by atoms with Gasteiger partial charge in [-0.15, -0.1) is 5.26 Å². The van der Waals surface area contributed by atoms with Crippen LogP contribution < -0.4 is 4.74 Å². The van der Waals surface area contributed by atoms with Gasteiger partial charge in [0.1, 0.15) is 5.75 Å². The van der Waals surface area contributed by atoms with E-state index in [2.05, 4.69) is 6.92 Å². The first-order valence-electron chi connectivity index (χ1n) is 13.5. The van der Waals surface area contributed by atoms with Gasteiger partial charge in [0.15, 0.2) is 0 Å². The van der Waals surface area contributed by atoms with Crippen LogP contribution in [0.1, 0.15) is 122 Å². The van der Waals surface area contributed by atoms with Gasteiger partial charge in [0.05, 0.1) is 12.5 Å². The lowest BCUT2D eigenvalue weighted by atomic mass is 10.0. The molecule has 1 rings (SSSR count). The zero-order valence-corrected chi connectivity index (χ0v) is 21.3. The molecule has 186 valence electrons. The number of unbranched alkanes of at least 4 members (excludes halogenated alkanes) is 15. The molecule has 0 radical (unpaired) electrons. The fraction of sp³-hybridized carbons (Fsp3) is 0.724. The molecule has 0 aliphatic rings. The molecule has 0 amide bonds. The Kier molecular flexibility index (Phi) is 18.1. The summed E-state index contributed by atoms with van der Waals surface area (Å²) < 4.78 is 10.2. The molecule has 0 aromatic heterocycles. The van der Waals surface area contributed by atoms with Crippen molar-refractivity contribution < 1.29 is 14.3 Å². The second kappa shape index (κ2) is 20.6. The molecule has 33 heavy (non-hydrogen) atoms. The van der Waals surface area contributed by atoms with Crippen molar-refractivity contribution >= 4 is 5.97 Å². The van der Waals surface area contributed by atoms with Crippen LogP contribution in [-0.2, 0) is 16.0 Å². The number of carbonyl (C=O) groups is 1. The van der Waals surface area contributed by atoms with E-state index in [1.807, 2.05) is 19.1 Å². The van der Waals surface area contributed by atoms with E-state index in [4.69, 9.17) is 14.7 Å². The summed E-state index contributed by atoms with van der Waals surface area (Å²) in [5.74, 6) is 0.210. The highest BCUT2D eigenvalue weighted by Crippen LogP contribution is 2.16. The van der Waals surface area contributed by atoms with E-state index in [1.54, 1.807) is 18.4 Å². The second-order valence-electron chi connectivity index (χ2n) is 9.41. The number of nitriles is 1. The third kappa shape index (κ3) is 16.3. The van der Waals surface area contributed by atoms with Gasteiger partial charge in [-0.1, -0.05) is 122 Å². The molecule has 4 nitrogen and oxygen atoms in total. The summed E-state index contributed by atoms with van der Waals surface area (Å²) >= 11 is 0. The summed E-state index contributed by atoms with van der Waals surface area (Å²) in [6.45, 7) is 4.70. The lowest BCUT2D eigenvalue weighted by Crippen LogP contribution is -2.17. The minimum atomic E-state index is -0.172. The minimum absolute atomic E-state index is 0.131. The molecule has 0 bridgehead atoms. The molecule has 0 fully saturated rings. The van der Waals surface area contributed by atoms with E-state index in [0.717, 1.165) is 18.4 Å². The first-order valence-corrected chi connectivity index (χ1v) is 13.5. The van der Waals surface area contributed by atoms with Crippen molar-refractivity contribution in [1.29, 1.82) is 5.26 Å². The van der Waals surface area contributed by atoms with Gasteiger partial charge in [-0.25, -0.2) is 0 Å². The Labute approximate surface area is 203 Å². The summed E-state index contributed by atoms with van der Waals surface area (Å²) in [5, 5.41) is 8.52. The van der Waals surface area contributed by atoms with Crippen LogP contribution in [-0.4, -0.2) is 12.6 Å². The predicted octanol–water partition coefficient (Wildman–Crippen LogP) is 8.53. The number of benzene rings is 1. The van der Waals surface area contributed by atoms with Crippen molar-refractivity contribution in [2.24, 2.45) is 5.92 Å². The average molecular weight is 458 g/mol. The third-order valence-corrected chi connectivity index (χ3v) is 6.27. The number of ether oxygens (including phenoxy) is 2. The maximum atomic E-state index is 12.2. The molecule has 0 heterocycles. The average Bonchev–Trinajstić information content (AvgIpc) is 2.82. The fourth-order valence-electron chi connectivity index (χ4n) is 4.15. The Morgan fingerprint density at radius 3 is 1.70 bits per heavy atom. The van der Waals surface area contributed by atoms with Crippen molar-refractivity contribution in [2.45, 2.75) is 123 Å². The number of rotatable bonds is 21. The van der Waals surface area contributed by atoms with Gasteiger partial charge in [-0.3, -0.25) is 4.79 Å². The number of esters is 1. The smallest absolute Gasteiger partial charge is 0.308 e. The quantitative estimate of drug-likeness (QED) is 0.105. The van der Waals surface area contributed by atoms with Crippen LogP contribution in [0, 0.1) is 17.4 Å². The van der Waals surface area contributed by atoms with Crippen molar-refractivity contribution in [3.63, 3.8) is 0 Å². The van der Waals surface area contributed by atoms with Crippen LogP contribution in [0.4, 0.5) is 0 Å². The molecule has 0 spiro atoms. The minimum Gasteiger partial charge on any atom is -0.465 e. The van der Waals surface area contributed by atoms with E-state index in [0.29, 0.717) is 18.8 Å². The first-order chi connectivity index (χ1) is 16.2. The summed E-state index contributed by atoms with van der Waals surface area (Å²) in [6.07, 6.45) is 23.7. The molecule has 0 N–H and O–H groups in total. The SMILES string of the molecule is CCCCCCCCCCCCCCCCCCOC(=O)C(C)Cc1ccc(OC#N)cc1. The molecule has 0 aliphatic heterocycles. The molecular weight excluding hydrogens is 410 g/mol. The van der Waals surface area contributed by atoms with Crippen LogP contribution in [0.15, 0.2) is 24.3 Å². The van der Waals surface area contributed by atoms with Crippen LogP contribution in [0.3, 0.4) is 0 Å². The summed E-state index contributed by atoms with van der Waals surface area (Å²) in [7, 11) is 0. The van der Waals surface area contributed by atoms with Crippen LogP contribution in [0.5, 0.6) is 5.75 Å². The fourth-order valence-corrected chi connectivity index (χ4v) is 4.15. The maximum Gasteiger partial charge on any atom is 0.308 e. The first kappa shape index (κ1) is 29.0. The van der Waals surface area contributed by atoms with E-state index >= 15 is 0 Å². The highest BCUT2D eigenvalue weighted by molar-refractivity contribution is 5.72. The van der Waals surface area contributed by atoms with E-state index in [9.17, 15) is 4.79 Å². The number of hydrogen-bond donors (Lipinski definition) is 0. The van der Waals surface area contributed by atoms with Crippen LogP contribution in [0.25, 0.3) is 0 Å². The lowest BCUT2D eigenvalue weighted by molar-refractivity contribution is -0.148. The third-order valence-electron chi connectivity index (χ3n) is 6.27. The summed E-state index contributed by atoms with van der Waals surface area (Å²) in [5.41, 5.74) is 1.03. The Balaban J connectivity index is 1.89.